The largest absolute Gasteiger partial charge is 0.393 e. The first-order chi connectivity index (χ1) is 11.3. The van der Waals surface area contributed by atoms with Crippen LogP contribution in [-0.2, 0) is 0 Å². The summed E-state index contributed by atoms with van der Waals surface area (Å²) in [4.78, 5) is 4.80. The van der Waals surface area contributed by atoms with Crippen LogP contribution >= 0.6 is 24.0 Å². The van der Waals surface area contributed by atoms with Crippen LogP contribution in [0.5, 0.6) is 0 Å². The summed E-state index contributed by atoms with van der Waals surface area (Å²) in [5.74, 6) is 2.31. The molecule has 1 aromatic carbocycles. The van der Waals surface area contributed by atoms with E-state index < -0.39 is 0 Å². The summed E-state index contributed by atoms with van der Waals surface area (Å²) in [6.45, 7) is 3.88. The number of nitrogens with one attached hydrogen (secondary N) is 2. The molecule has 0 aromatic heterocycles. The van der Waals surface area contributed by atoms with Gasteiger partial charge in [0.25, 0.3) is 0 Å². The molecule has 2 aliphatic carbocycles. The zero-order chi connectivity index (χ0) is 16.1. The summed E-state index contributed by atoms with van der Waals surface area (Å²) in [6.07, 6.45) is 5.00. The smallest absolute Gasteiger partial charge is 0.191 e. The third kappa shape index (κ3) is 5.62. The van der Waals surface area contributed by atoms with E-state index in [1.807, 2.05) is 0 Å². The Morgan fingerprint density at radius 1 is 1.17 bits per heavy atom. The number of aliphatic hydroxyl groups is 1. The van der Waals surface area contributed by atoms with Gasteiger partial charge in [-0.3, -0.25) is 4.99 Å². The van der Waals surface area contributed by atoms with Crippen molar-refractivity contribution in [2.45, 2.75) is 57.1 Å². The van der Waals surface area contributed by atoms with Crippen molar-refractivity contribution >= 4 is 29.9 Å². The van der Waals surface area contributed by atoms with Crippen molar-refractivity contribution in [3.8, 4) is 0 Å². The second-order valence-corrected chi connectivity index (χ2v) is 6.88. The second-order valence-electron chi connectivity index (χ2n) is 6.88. The summed E-state index contributed by atoms with van der Waals surface area (Å²) >= 11 is 0. The van der Waals surface area contributed by atoms with Gasteiger partial charge in [0, 0.05) is 19.1 Å². The highest BCUT2D eigenvalue weighted by molar-refractivity contribution is 14.0. The molecule has 3 rings (SSSR count). The van der Waals surface area contributed by atoms with E-state index in [4.69, 9.17) is 4.99 Å². The summed E-state index contributed by atoms with van der Waals surface area (Å²) in [7, 11) is 0. The van der Waals surface area contributed by atoms with E-state index in [1.165, 1.54) is 12.0 Å². The van der Waals surface area contributed by atoms with Crippen LogP contribution in [0.3, 0.4) is 0 Å². The Balaban J connectivity index is 0.00000208. The normalized spacial score (nSPS) is 29.5. The van der Waals surface area contributed by atoms with E-state index in [1.54, 1.807) is 0 Å². The number of aliphatic imine (C=N–C) groups is 1. The molecule has 0 spiro atoms. The number of halogens is 1. The lowest BCUT2D eigenvalue weighted by Gasteiger charge is -2.27. The zero-order valence-electron chi connectivity index (χ0n) is 14.4. The first-order valence-corrected chi connectivity index (χ1v) is 9.04. The third-order valence-corrected chi connectivity index (χ3v) is 5.02. The van der Waals surface area contributed by atoms with Crippen molar-refractivity contribution in [1.29, 1.82) is 0 Å². The van der Waals surface area contributed by atoms with E-state index in [0.717, 1.165) is 44.7 Å². The van der Waals surface area contributed by atoms with Crippen LogP contribution in [0.25, 0.3) is 0 Å². The van der Waals surface area contributed by atoms with Gasteiger partial charge in [0.15, 0.2) is 5.96 Å². The van der Waals surface area contributed by atoms with Crippen LogP contribution in [-0.4, -0.2) is 36.3 Å². The van der Waals surface area contributed by atoms with Gasteiger partial charge in [-0.1, -0.05) is 30.3 Å². The molecule has 0 amide bonds. The molecule has 5 heteroatoms. The summed E-state index contributed by atoms with van der Waals surface area (Å²) in [5.41, 5.74) is 1.45. The lowest BCUT2D eigenvalue weighted by molar-refractivity contribution is 0.120. The minimum atomic E-state index is -0.106. The molecule has 4 nitrogen and oxygen atoms in total. The Kier molecular flexibility index (Phi) is 7.81. The van der Waals surface area contributed by atoms with E-state index in [2.05, 4.69) is 47.9 Å². The Hall–Kier alpha value is -0.820. The maximum absolute atomic E-state index is 9.61. The van der Waals surface area contributed by atoms with Crippen LogP contribution in [0.1, 0.15) is 50.5 Å². The van der Waals surface area contributed by atoms with Crippen LogP contribution in [0.2, 0.25) is 0 Å². The van der Waals surface area contributed by atoms with Crippen LogP contribution in [0, 0.1) is 5.92 Å². The van der Waals surface area contributed by atoms with Crippen molar-refractivity contribution in [1.82, 2.24) is 10.6 Å². The van der Waals surface area contributed by atoms with Crippen LogP contribution < -0.4 is 10.6 Å². The Morgan fingerprint density at radius 2 is 1.88 bits per heavy atom. The van der Waals surface area contributed by atoms with Crippen molar-refractivity contribution in [2.24, 2.45) is 10.9 Å². The van der Waals surface area contributed by atoms with Gasteiger partial charge in [-0.25, -0.2) is 0 Å². The Morgan fingerprint density at radius 3 is 2.54 bits per heavy atom. The molecule has 24 heavy (non-hydrogen) atoms. The molecule has 134 valence electrons. The summed E-state index contributed by atoms with van der Waals surface area (Å²) < 4.78 is 0. The minimum absolute atomic E-state index is 0. The highest BCUT2D eigenvalue weighted by atomic mass is 127. The highest BCUT2D eigenvalue weighted by Gasteiger charge is 2.37. The van der Waals surface area contributed by atoms with E-state index >= 15 is 0 Å². The number of hydrogen-bond acceptors (Lipinski definition) is 2. The average Bonchev–Trinajstić information content (AvgIpc) is 3.35. The zero-order valence-corrected chi connectivity index (χ0v) is 16.8. The SMILES string of the molecule is CCNC(=NCC1CC1c1ccccc1)NC1CCC(O)CC1.I. The predicted octanol–water partition coefficient (Wildman–Crippen LogP) is 3.27. The van der Waals surface area contributed by atoms with Crippen molar-refractivity contribution in [3.63, 3.8) is 0 Å². The molecule has 2 unspecified atom stereocenters. The van der Waals surface area contributed by atoms with Crippen molar-refractivity contribution in [2.75, 3.05) is 13.1 Å². The van der Waals surface area contributed by atoms with Gasteiger partial charge < -0.3 is 15.7 Å². The van der Waals surface area contributed by atoms with Crippen molar-refractivity contribution in [3.05, 3.63) is 35.9 Å². The maximum Gasteiger partial charge on any atom is 0.191 e. The third-order valence-electron chi connectivity index (χ3n) is 5.02. The molecule has 0 saturated heterocycles. The van der Waals surface area contributed by atoms with Crippen molar-refractivity contribution < 1.29 is 5.11 Å². The lowest BCUT2D eigenvalue weighted by Crippen LogP contribution is -2.45. The van der Waals surface area contributed by atoms with Gasteiger partial charge >= 0.3 is 0 Å². The molecule has 2 saturated carbocycles. The van der Waals surface area contributed by atoms with Gasteiger partial charge in [0.1, 0.15) is 0 Å². The fourth-order valence-corrected chi connectivity index (χ4v) is 3.50. The maximum atomic E-state index is 9.61. The number of nitrogens with zero attached hydrogens (tertiary/aromatic N) is 1. The molecule has 2 fully saturated rings. The highest BCUT2D eigenvalue weighted by Crippen LogP contribution is 2.47. The summed E-state index contributed by atoms with van der Waals surface area (Å²) in [6, 6.07) is 11.2. The molecule has 1 aromatic rings. The summed E-state index contributed by atoms with van der Waals surface area (Å²) in [5, 5.41) is 16.5. The number of guanidine groups is 1. The average molecular weight is 443 g/mol. The standard InChI is InChI=1S/C19H29N3O.HI/c1-2-20-19(22-16-8-10-17(23)11-9-16)21-13-15-12-18(15)14-6-4-3-5-7-14;/h3-7,15-18,23H,2,8-13H2,1H3,(H2,20,21,22);1H. The Bertz CT molecular complexity index is 515. The van der Waals surface area contributed by atoms with E-state index in [9.17, 15) is 5.11 Å². The number of aliphatic hydroxyl groups excluding tert-OH is 1. The van der Waals surface area contributed by atoms with Gasteiger partial charge in [-0.15, -0.1) is 24.0 Å². The first-order valence-electron chi connectivity index (χ1n) is 9.04. The molecule has 2 atom stereocenters. The fourth-order valence-electron chi connectivity index (χ4n) is 3.50. The van der Waals surface area contributed by atoms with Gasteiger partial charge in [0.2, 0.25) is 0 Å². The molecule has 0 aliphatic heterocycles. The molecule has 2 aliphatic rings. The minimum Gasteiger partial charge on any atom is -0.393 e. The lowest BCUT2D eigenvalue weighted by atomic mass is 9.93. The molecule has 0 heterocycles. The second kappa shape index (κ2) is 9.61. The van der Waals surface area contributed by atoms with Gasteiger partial charge in [-0.05, 0) is 56.4 Å². The fraction of sp³-hybridized carbons (Fsp3) is 0.632. The molecule has 0 bridgehead atoms. The predicted molar refractivity (Wildman–Crippen MR) is 110 cm³/mol. The topological polar surface area (TPSA) is 56.7 Å². The molecule has 0 radical (unpaired) electrons. The number of benzene rings is 1. The van der Waals surface area contributed by atoms with Crippen LogP contribution in [0.15, 0.2) is 35.3 Å². The number of hydrogen-bond donors (Lipinski definition) is 3. The van der Waals surface area contributed by atoms with Gasteiger partial charge in [-0.2, -0.15) is 0 Å². The molecule has 3 N–H and O–H groups in total. The van der Waals surface area contributed by atoms with Crippen LogP contribution in [0.4, 0.5) is 0 Å². The van der Waals surface area contributed by atoms with E-state index in [-0.39, 0.29) is 30.1 Å². The van der Waals surface area contributed by atoms with Gasteiger partial charge in [0.05, 0.1) is 6.10 Å². The molecular weight excluding hydrogens is 413 g/mol. The first kappa shape index (κ1) is 19.5. The Labute approximate surface area is 162 Å². The van der Waals surface area contributed by atoms with E-state index in [0.29, 0.717) is 17.9 Å². The monoisotopic (exact) mass is 443 g/mol. The quantitative estimate of drug-likeness (QED) is 0.372. The molecular formula is C19H30IN3O. The number of rotatable bonds is 5.